The number of hydrogen-bond acceptors (Lipinski definition) is 5. The zero-order valence-corrected chi connectivity index (χ0v) is 13.5. The zero-order chi connectivity index (χ0) is 16.4. The van der Waals surface area contributed by atoms with E-state index < -0.39 is 15.8 Å². The Morgan fingerprint density at radius 2 is 1.70 bits per heavy atom. The van der Waals surface area contributed by atoms with Crippen molar-refractivity contribution < 1.29 is 12.8 Å². The number of piperazine rings is 1. The number of rotatable bonds is 3. The van der Waals surface area contributed by atoms with Gasteiger partial charge >= 0.3 is 0 Å². The molecule has 2 heterocycles. The van der Waals surface area contributed by atoms with Gasteiger partial charge in [-0.1, -0.05) is 30.3 Å². The molecule has 0 N–H and O–H groups in total. The third-order valence-corrected chi connectivity index (χ3v) is 5.13. The van der Waals surface area contributed by atoms with Crippen molar-refractivity contribution in [1.82, 2.24) is 14.3 Å². The van der Waals surface area contributed by atoms with Crippen molar-refractivity contribution in [3.63, 3.8) is 0 Å². The highest BCUT2D eigenvalue weighted by atomic mass is 32.2. The summed E-state index contributed by atoms with van der Waals surface area (Å²) < 4.78 is 39.3. The van der Waals surface area contributed by atoms with Gasteiger partial charge in [0.25, 0.3) is 0 Å². The molecule has 0 amide bonds. The van der Waals surface area contributed by atoms with Crippen LogP contribution in [0.5, 0.6) is 0 Å². The molecule has 1 aliphatic heterocycles. The Kier molecular flexibility index (Phi) is 4.27. The van der Waals surface area contributed by atoms with E-state index in [0.29, 0.717) is 31.7 Å². The number of benzene rings is 1. The Morgan fingerprint density at radius 1 is 1.04 bits per heavy atom. The Morgan fingerprint density at radius 3 is 2.30 bits per heavy atom. The number of anilines is 1. The number of halogens is 1. The van der Waals surface area contributed by atoms with Crippen LogP contribution in [0.25, 0.3) is 11.3 Å². The molecule has 1 fully saturated rings. The normalized spacial score (nSPS) is 16.5. The van der Waals surface area contributed by atoms with Gasteiger partial charge in [0.05, 0.1) is 6.26 Å². The molecule has 0 spiro atoms. The van der Waals surface area contributed by atoms with Crippen LogP contribution in [-0.4, -0.2) is 55.1 Å². The highest BCUT2D eigenvalue weighted by molar-refractivity contribution is 7.88. The fraction of sp³-hybridized carbons (Fsp3) is 0.333. The summed E-state index contributed by atoms with van der Waals surface area (Å²) in [5.74, 6) is -0.265. The van der Waals surface area contributed by atoms with Crippen LogP contribution in [0, 0.1) is 5.82 Å². The molecule has 8 heteroatoms. The second-order valence-electron chi connectivity index (χ2n) is 5.37. The van der Waals surface area contributed by atoms with E-state index in [1.807, 2.05) is 18.2 Å². The fourth-order valence-corrected chi connectivity index (χ4v) is 3.44. The lowest BCUT2D eigenvalue weighted by Crippen LogP contribution is -2.48. The molecule has 0 saturated carbocycles. The van der Waals surface area contributed by atoms with Gasteiger partial charge in [-0.3, -0.25) is 0 Å². The number of nitrogens with zero attached hydrogens (tertiary/aromatic N) is 4. The first-order valence-electron chi connectivity index (χ1n) is 7.23. The second-order valence-corrected chi connectivity index (χ2v) is 7.36. The molecule has 1 aromatic heterocycles. The minimum absolute atomic E-state index is 0.215. The van der Waals surface area contributed by atoms with E-state index >= 15 is 0 Å². The molecule has 0 atom stereocenters. The van der Waals surface area contributed by atoms with Gasteiger partial charge in [-0.2, -0.15) is 4.31 Å². The second kappa shape index (κ2) is 6.21. The molecular weight excluding hydrogens is 319 g/mol. The molecule has 2 aromatic rings. The number of aromatic nitrogens is 2. The monoisotopic (exact) mass is 336 g/mol. The summed E-state index contributed by atoms with van der Waals surface area (Å²) in [5, 5.41) is 0. The standard InChI is InChI=1S/C15H17FN4O2S/c1-23(21,22)20-9-7-19(8-10-20)15-13(16)14(17-11-18-15)12-5-3-2-4-6-12/h2-6,11H,7-10H2,1H3. The smallest absolute Gasteiger partial charge is 0.211 e. The van der Waals surface area contributed by atoms with E-state index in [4.69, 9.17) is 0 Å². The predicted molar refractivity (Wildman–Crippen MR) is 86.1 cm³/mol. The summed E-state index contributed by atoms with van der Waals surface area (Å²) in [6, 6.07) is 9.07. The van der Waals surface area contributed by atoms with E-state index in [1.165, 1.54) is 16.9 Å². The SMILES string of the molecule is CS(=O)(=O)N1CCN(c2ncnc(-c3ccccc3)c2F)CC1. The van der Waals surface area contributed by atoms with Crippen molar-refractivity contribution in [3.05, 3.63) is 42.5 Å². The van der Waals surface area contributed by atoms with E-state index in [2.05, 4.69) is 9.97 Å². The third-order valence-electron chi connectivity index (χ3n) is 3.83. The Balaban J connectivity index is 1.85. The van der Waals surface area contributed by atoms with Gasteiger partial charge in [0.2, 0.25) is 10.0 Å². The largest absolute Gasteiger partial charge is 0.351 e. The highest BCUT2D eigenvalue weighted by Crippen LogP contribution is 2.26. The van der Waals surface area contributed by atoms with E-state index in [1.54, 1.807) is 17.0 Å². The van der Waals surface area contributed by atoms with Crippen molar-refractivity contribution >= 4 is 15.8 Å². The van der Waals surface area contributed by atoms with Crippen LogP contribution in [0.15, 0.2) is 36.7 Å². The minimum atomic E-state index is -3.21. The first-order valence-corrected chi connectivity index (χ1v) is 9.07. The van der Waals surface area contributed by atoms with Gasteiger partial charge in [-0.05, 0) is 0 Å². The lowest BCUT2D eigenvalue weighted by Gasteiger charge is -2.34. The van der Waals surface area contributed by atoms with Crippen molar-refractivity contribution in [2.45, 2.75) is 0 Å². The van der Waals surface area contributed by atoms with Gasteiger partial charge in [0.15, 0.2) is 11.6 Å². The average Bonchev–Trinajstić information content (AvgIpc) is 2.55. The lowest BCUT2D eigenvalue weighted by atomic mass is 10.1. The van der Waals surface area contributed by atoms with Crippen LogP contribution >= 0.6 is 0 Å². The Bertz CT molecular complexity index is 790. The maximum atomic E-state index is 14.8. The molecule has 122 valence electrons. The van der Waals surface area contributed by atoms with E-state index in [-0.39, 0.29) is 11.5 Å². The van der Waals surface area contributed by atoms with Crippen LogP contribution in [-0.2, 0) is 10.0 Å². The topological polar surface area (TPSA) is 66.4 Å². The van der Waals surface area contributed by atoms with E-state index in [9.17, 15) is 12.8 Å². The highest BCUT2D eigenvalue weighted by Gasteiger charge is 2.26. The zero-order valence-electron chi connectivity index (χ0n) is 12.7. The average molecular weight is 336 g/mol. The fourth-order valence-electron chi connectivity index (χ4n) is 2.61. The molecule has 1 aromatic carbocycles. The first-order chi connectivity index (χ1) is 11.0. The molecule has 1 saturated heterocycles. The van der Waals surface area contributed by atoms with Gasteiger partial charge in [-0.25, -0.2) is 22.8 Å². The molecule has 0 radical (unpaired) electrons. The maximum Gasteiger partial charge on any atom is 0.211 e. The molecule has 0 aliphatic carbocycles. The minimum Gasteiger partial charge on any atom is -0.351 e. The summed E-state index contributed by atoms with van der Waals surface area (Å²) in [4.78, 5) is 9.84. The summed E-state index contributed by atoms with van der Waals surface area (Å²) in [5.41, 5.74) is 0.935. The van der Waals surface area contributed by atoms with E-state index in [0.717, 1.165) is 0 Å². The summed E-state index contributed by atoms with van der Waals surface area (Å²) in [6.45, 7) is 1.44. The van der Waals surface area contributed by atoms with Gasteiger partial charge < -0.3 is 4.90 Å². The predicted octanol–water partition coefficient (Wildman–Crippen LogP) is 1.36. The molecule has 1 aliphatic rings. The van der Waals surface area contributed by atoms with Gasteiger partial charge in [0.1, 0.15) is 12.0 Å². The van der Waals surface area contributed by atoms with Crippen LogP contribution in [0.2, 0.25) is 0 Å². The lowest BCUT2D eigenvalue weighted by molar-refractivity contribution is 0.384. The summed E-state index contributed by atoms with van der Waals surface area (Å²) in [7, 11) is -3.21. The quantitative estimate of drug-likeness (QED) is 0.847. The molecule has 3 rings (SSSR count). The summed E-state index contributed by atoms with van der Waals surface area (Å²) >= 11 is 0. The van der Waals surface area contributed by atoms with Crippen molar-refractivity contribution in [1.29, 1.82) is 0 Å². The Hall–Kier alpha value is -2.06. The van der Waals surface area contributed by atoms with Crippen LogP contribution in [0.3, 0.4) is 0 Å². The van der Waals surface area contributed by atoms with Crippen molar-refractivity contribution in [3.8, 4) is 11.3 Å². The van der Waals surface area contributed by atoms with Crippen molar-refractivity contribution in [2.24, 2.45) is 0 Å². The van der Waals surface area contributed by atoms with Crippen LogP contribution in [0.4, 0.5) is 10.2 Å². The molecule has 23 heavy (non-hydrogen) atoms. The maximum absolute atomic E-state index is 14.8. The number of sulfonamides is 1. The van der Waals surface area contributed by atoms with Crippen LogP contribution < -0.4 is 4.90 Å². The summed E-state index contributed by atoms with van der Waals surface area (Å²) in [6.07, 6.45) is 2.52. The number of hydrogen-bond donors (Lipinski definition) is 0. The van der Waals surface area contributed by atoms with Crippen molar-refractivity contribution in [2.75, 3.05) is 37.3 Å². The van der Waals surface area contributed by atoms with Gasteiger partial charge in [-0.15, -0.1) is 0 Å². The Labute approximate surface area is 134 Å². The molecular formula is C15H17FN4O2S. The molecule has 0 unspecified atom stereocenters. The molecule has 6 nitrogen and oxygen atoms in total. The first kappa shape index (κ1) is 15.8. The third kappa shape index (κ3) is 3.32. The molecule has 0 bridgehead atoms. The van der Waals surface area contributed by atoms with Crippen LogP contribution in [0.1, 0.15) is 0 Å². The van der Waals surface area contributed by atoms with Gasteiger partial charge in [0, 0.05) is 31.7 Å².